The van der Waals surface area contributed by atoms with Gasteiger partial charge < -0.3 is 10.2 Å². The number of nitrogens with one attached hydrogen (secondary N) is 1. The van der Waals surface area contributed by atoms with Gasteiger partial charge in [0.15, 0.2) is 0 Å². The topological polar surface area (TPSA) is 33.1 Å². The summed E-state index contributed by atoms with van der Waals surface area (Å²) in [6, 6.07) is 0. The Labute approximate surface area is 105 Å². The van der Waals surface area contributed by atoms with E-state index >= 15 is 0 Å². The SMILES string of the molecule is CCN(CC)CCCNCCc1cnn(C)c1. The summed E-state index contributed by atoms with van der Waals surface area (Å²) in [5, 5.41) is 7.64. The Balaban J connectivity index is 1.97. The predicted octanol–water partition coefficient (Wildman–Crippen LogP) is 1.28. The second-order valence-electron chi connectivity index (χ2n) is 4.40. The Morgan fingerprint density at radius 1 is 1.29 bits per heavy atom. The maximum atomic E-state index is 4.16. The highest BCUT2D eigenvalue weighted by Crippen LogP contribution is 1.96. The minimum absolute atomic E-state index is 1.05. The monoisotopic (exact) mass is 238 g/mol. The van der Waals surface area contributed by atoms with Crippen LogP contribution >= 0.6 is 0 Å². The molecule has 0 amide bonds. The van der Waals surface area contributed by atoms with E-state index in [1.807, 2.05) is 17.9 Å². The van der Waals surface area contributed by atoms with E-state index in [0.29, 0.717) is 0 Å². The molecule has 0 aromatic carbocycles. The molecule has 1 N–H and O–H groups in total. The van der Waals surface area contributed by atoms with E-state index < -0.39 is 0 Å². The van der Waals surface area contributed by atoms with E-state index in [4.69, 9.17) is 0 Å². The molecule has 0 aliphatic heterocycles. The molecule has 17 heavy (non-hydrogen) atoms. The van der Waals surface area contributed by atoms with Crippen LogP contribution in [0.25, 0.3) is 0 Å². The zero-order valence-electron chi connectivity index (χ0n) is 11.4. The fraction of sp³-hybridized carbons (Fsp3) is 0.769. The molecule has 0 saturated carbocycles. The molecule has 0 aliphatic carbocycles. The van der Waals surface area contributed by atoms with Crippen LogP contribution in [0, 0.1) is 0 Å². The summed E-state index contributed by atoms with van der Waals surface area (Å²) in [7, 11) is 1.96. The molecule has 0 unspecified atom stereocenters. The van der Waals surface area contributed by atoms with Gasteiger partial charge in [-0.2, -0.15) is 5.10 Å². The summed E-state index contributed by atoms with van der Waals surface area (Å²) >= 11 is 0. The van der Waals surface area contributed by atoms with Crippen molar-refractivity contribution in [3.8, 4) is 0 Å². The van der Waals surface area contributed by atoms with Gasteiger partial charge in [0.1, 0.15) is 0 Å². The number of hydrogen-bond donors (Lipinski definition) is 1. The molecular weight excluding hydrogens is 212 g/mol. The fourth-order valence-electron chi connectivity index (χ4n) is 1.93. The van der Waals surface area contributed by atoms with Crippen molar-refractivity contribution in [3.63, 3.8) is 0 Å². The first kappa shape index (κ1) is 14.2. The van der Waals surface area contributed by atoms with Crippen molar-refractivity contribution in [2.75, 3.05) is 32.7 Å². The second kappa shape index (κ2) is 8.25. The lowest BCUT2D eigenvalue weighted by Gasteiger charge is -2.17. The molecular formula is C13H26N4. The summed E-state index contributed by atoms with van der Waals surface area (Å²) in [6.07, 6.45) is 6.32. The van der Waals surface area contributed by atoms with Gasteiger partial charge in [0, 0.05) is 13.2 Å². The highest BCUT2D eigenvalue weighted by Gasteiger charge is 1.98. The van der Waals surface area contributed by atoms with Crippen LogP contribution in [0.5, 0.6) is 0 Å². The molecule has 0 bridgehead atoms. The van der Waals surface area contributed by atoms with Crippen LogP contribution in [0.3, 0.4) is 0 Å². The molecule has 1 rings (SSSR count). The summed E-state index contributed by atoms with van der Waals surface area (Å²) in [5.74, 6) is 0. The van der Waals surface area contributed by atoms with Crippen molar-refractivity contribution in [2.24, 2.45) is 7.05 Å². The predicted molar refractivity (Wildman–Crippen MR) is 72.2 cm³/mol. The van der Waals surface area contributed by atoms with Gasteiger partial charge in [-0.15, -0.1) is 0 Å². The minimum atomic E-state index is 1.05. The number of aromatic nitrogens is 2. The summed E-state index contributed by atoms with van der Waals surface area (Å²) < 4.78 is 1.86. The first-order chi connectivity index (χ1) is 8.26. The van der Waals surface area contributed by atoms with Crippen molar-refractivity contribution in [1.82, 2.24) is 20.0 Å². The zero-order chi connectivity index (χ0) is 12.5. The third-order valence-electron chi connectivity index (χ3n) is 3.07. The molecule has 0 atom stereocenters. The third-order valence-corrected chi connectivity index (χ3v) is 3.07. The van der Waals surface area contributed by atoms with Gasteiger partial charge in [-0.1, -0.05) is 13.8 Å². The van der Waals surface area contributed by atoms with Gasteiger partial charge >= 0.3 is 0 Å². The van der Waals surface area contributed by atoms with Crippen LogP contribution in [-0.2, 0) is 13.5 Å². The molecule has 0 aliphatic rings. The van der Waals surface area contributed by atoms with Gasteiger partial charge in [0.25, 0.3) is 0 Å². The van der Waals surface area contributed by atoms with Crippen molar-refractivity contribution in [2.45, 2.75) is 26.7 Å². The lowest BCUT2D eigenvalue weighted by molar-refractivity contribution is 0.298. The lowest BCUT2D eigenvalue weighted by Crippen LogP contribution is -2.27. The molecule has 0 fully saturated rings. The van der Waals surface area contributed by atoms with Gasteiger partial charge in [-0.05, 0) is 51.1 Å². The highest BCUT2D eigenvalue weighted by molar-refractivity contribution is 5.03. The van der Waals surface area contributed by atoms with Crippen LogP contribution in [0.1, 0.15) is 25.8 Å². The van der Waals surface area contributed by atoms with E-state index in [9.17, 15) is 0 Å². The summed E-state index contributed by atoms with van der Waals surface area (Å²) in [4.78, 5) is 2.46. The number of hydrogen-bond acceptors (Lipinski definition) is 3. The van der Waals surface area contributed by atoms with Gasteiger partial charge in [0.2, 0.25) is 0 Å². The molecule has 98 valence electrons. The zero-order valence-corrected chi connectivity index (χ0v) is 11.4. The third kappa shape index (κ3) is 5.84. The van der Waals surface area contributed by atoms with E-state index in [1.165, 1.54) is 18.5 Å². The molecule has 4 heteroatoms. The smallest absolute Gasteiger partial charge is 0.0522 e. The average molecular weight is 238 g/mol. The van der Waals surface area contributed by atoms with E-state index in [2.05, 4.69) is 35.4 Å². The van der Waals surface area contributed by atoms with Crippen molar-refractivity contribution in [3.05, 3.63) is 18.0 Å². The van der Waals surface area contributed by atoms with E-state index in [0.717, 1.165) is 32.6 Å². The van der Waals surface area contributed by atoms with Crippen molar-refractivity contribution < 1.29 is 0 Å². The Hall–Kier alpha value is -0.870. The Bertz CT molecular complexity index is 291. The molecule has 0 saturated heterocycles. The normalized spacial score (nSPS) is 11.3. The Morgan fingerprint density at radius 3 is 2.65 bits per heavy atom. The molecule has 1 heterocycles. The molecule has 0 spiro atoms. The standard InChI is InChI=1S/C13H26N4/c1-4-17(5-2)10-6-8-14-9-7-13-11-15-16(3)12-13/h11-12,14H,4-10H2,1-3H3. The van der Waals surface area contributed by atoms with Gasteiger partial charge in [-0.25, -0.2) is 0 Å². The van der Waals surface area contributed by atoms with Crippen molar-refractivity contribution in [1.29, 1.82) is 0 Å². The minimum Gasteiger partial charge on any atom is -0.316 e. The highest BCUT2D eigenvalue weighted by atomic mass is 15.2. The molecule has 1 aromatic rings. The molecule has 1 aromatic heterocycles. The quantitative estimate of drug-likeness (QED) is 0.658. The van der Waals surface area contributed by atoms with Gasteiger partial charge in [-0.3, -0.25) is 4.68 Å². The number of nitrogens with zero attached hydrogens (tertiary/aromatic N) is 3. The summed E-state index contributed by atoms with van der Waals surface area (Å²) in [6.45, 7) is 10.1. The first-order valence-electron chi connectivity index (χ1n) is 6.66. The van der Waals surface area contributed by atoms with E-state index in [-0.39, 0.29) is 0 Å². The average Bonchev–Trinajstić information content (AvgIpc) is 2.74. The van der Waals surface area contributed by atoms with Crippen LogP contribution in [-0.4, -0.2) is 47.4 Å². The summed E-state index contributed by atoms with van der Waals surface area (Å²) in [5.41, 5.74) is 1.31. The van der Waals surface area contributed by atoms with Crippen LogP contribution in [0.15, 0.2) is 12.4 Å². The second-order valence-corrected chi connectivity index (χ2v) is 4.40. The Morgan fingerprint density at radius 2 is 2.06 bits per heavy atom. The Kier molecular flexibility index (Phi) is 6.89. The molecule has 0 radical (unpaired) electrons. The first-order valence-corrected chi connectivity index (χ1v) is 6.66. The number of aryl methyl sites for hydroxylation is 1. The van der Waals surface area contributed by atoms with Crippen LogP contribution < -0.4 is 5.32 Å². The largest absolute Gasteiger partial charge is 0.316 e. The lowest BCUT2D eigenvalue weighted by atomic mass is 10.2. The van der Waals surface area contributed by atoms with Crippen LogP contribution in [0.4, 0.5) is 0 Å². The van der Waals surface area contributed by atoms with Crippen LogP contribution in [0.2, 0.25) is 0 Å². The number of rotatable bonds is 9. The van der Waals surface area contributed by atoms with E-state index in [1.54, 1.807) is 0 Å². The maximum Gasteiger partial charge on any atom is 0.0522 e. The fourth-order valence-corrected chi connectivity index (χ4v) is 1.93. The maximum absolute atomic E-state index is 4.16. The van der Waals surface area contributed by atoms with Gasteiger partial charge in [0.05, 0.1) is 6.20 Å². The molecule has 4 nitrogen and oxygen atoms in total. The van der Waals surface area contributed by atoms with Crippen molar-refractivity contribution >= 4 is 0 Å².